The van der Waals surface area contributed by atoms with Crippen LogP contribution in [0.25, 0.3) is 0 Å². The molecule has 0 spiro atoms. The van der Waals surface area contributed by atoms with Gasteiger partial charge in [-0.15, -0.1) is 0 Å². The summed E-state index contributed by atoms with van der Waals surface area (Å²) < 4.78 is 10.6. The Balaban J connectivity index is 1.85. The molecule has 1 aliphatic rings. The summed E-state index contributed by atoms with van der Waals surface area (Å²) in [7, 11) is 3.07. The van der Waals surface area contributed by atoms with Gasteiger partial charge in [0.25, 0.3) is 0 Å². The number of benzene rings is 2. The van der Waals surface area contributed by atoms with Crippen LogP contribution >= 0.6 is 0 Å². The summed E-state index contributed by atoms with van der Waals surface area (Å²) in [5.74, 6) is 0.133. The largest absolute Gasteiger partial charge is 0.497 e. The highest BCUT2D eigenvalue weighted by molar-refractivity contribution is 5.77. The molecule has 6 heteroatoms. The zero-order valence-electron chi connectivity index (χ0n) is 15.6. The van der Waals surface area contributed by atoms with Gasteiger partial charge in [0.15, 0.2) is 0 Å². The van der Waals surface area contributed by atoms with Gasteiger partial charge in [-0.3, -0.25) is 9.69 Å². The van der Waals surface area contributed by atoms with Crippen molar-refractivity contribution in [2.45, 2.75) is 24.5 Å². The fourth-order valence-electron chi connectivity index (χ4n) is 3.73. The van der Waals surface area contributed by atoms with E-state index in [1.165, 1.54) is 7.11 Å². The number of rotatable bonds is 6. The minimum absolute atomic E-state index is 0.461. The topological polar surface area (TPSA) is 79.2 Å². The third-order valence-corrected chi connectivity index (χ3v) is 5.27. The summed E-state index contributed by atoms with van der Waals surface area (Å²) in [5, 5.41) is 20.9. The number of likely N-dealkylation sites (tertiary alicyclic amines) is 1. The number of carboxylic acid groups (broad SMARTS) is 1. The Morgan fingerprint density at radius 3 is 2.30 bits per heavy atom. The minimum atomic E-state index is -0.952. The van der Waals surface area contributed by atoms with E-state index in [1.54, 1.807) is 25.3 Å². The number of hydrogen-bond acceptors (Lipinski definition) is 5. The van der Waals surface area contributed by atoms with E-state index in [1.807, 2.05) is 35.2 Å². The second-order valence-corrected chi connectivity index (χ2v) is 6.78. The van der Waals surface area contributed by atoms with E-state index < -0.39 is 17.6 Å². The Morgan fingerprint density at radius 1 is 1.07 bits per heavy atom. The van der Waals surface area contributed by atoms with Gasteiger partial charge in [-0.2, -0.15) is 0 Å². The molecule has 144 valence electrons. The highest BCUT2D eigenvalue weighted by atomic mass is 16.5. The fraction of sp³-hybridized carbons (Fsp3) is 0.381. The molecule has 0 aliphatic carbocycles. The quantitative estimate of drug-likeness (QED) is 0.813. The van der Waals surface area contributed by atoms with Crippen molar-refractivity contribution in [1.29, 1.82) is 0 Å². The number of ether oxygens (including phenoxy) is 2. The van der Waals surface area contributed by atoms with Crippen LogP contribution in [0.1, 0.15) is 30.0 Å². The molecule has 0 unspecified atom stereocenters. The lowest BCUT2D eigenvalue weighted by Gasteiger charge is -2.41. The SMILES string of the molecule is COc1ccc(OC)c([C@@H](C(=O)O)N2CCC(O)(c3ccccc3)CC2)c1. The predicted octanol–water partition coefficient (Wildman–Crippen LogP) is 2.81. The monoisotopic (exact) mass is 371 g/mol. The summed E-state index contributed by atoms with van der Waals surface area (Å²) in [5.41, 5.74) is 0.490. The molecule has 1 saturated heterocycles. The molecule has 6 nitrogen and oxygen atoms in total. The molecule has 1 fully saturated rings. The van der Waals surface area contributed by atoms with E-state index in [0.29, 0.717) is 43.0 Å². The first-order valence-corrected chi connectivity index (χ1v) is 8.95. The molecule has 2 aromatic rings. The van der Waals surface area contributed by atoms with Gasteiger partial charge < -0.3 is 19.7 Å². The Morgan fingerprint density at radius 2 is 1.74 bits per heavy atom. The molecule has 0 amide bonds. The fourth-order valence-corrected chi connectivity index (χ4v) is 3.73. The van der Waals surface area contributed by atoms with E-state index in [0.717, 1.165) is 5.56 Å². The summed E-state index contributed by atoms with van der Waals surface area (Å²) >= 11 is 0. The van der Waals surface area contributed by atoms with Crippen molar-refractivity contribution in [3.05, 3.63) is 59.7 Å². The van der Waals surface area contributed by atoms with Crippen molar-refractivity contribution in [2.24, 2.45) is 0 Å². The molecular formula is C21H25NO5. The van der Waals surface area contributed by atoms with E-state index in [-0.39, 0.29) is 0 Å². The Hall–Kier alpha value is -2.57. The lowest BCUT2D eigenvalue weighted by molar-refractivity contribution is -0.146. The van der Waals surface area contributed by atoms with Crippen LogP contribution in [0.3, 0.4) is 0 Å². The van der Waals surface area contributed by atoms with E-state index in [2.05, 4.69) is 0 Å². The van der Waals surface area contributed by atoms with Gasteiger partial charge in [-0.1, -0.05) is 30.3 Å². The van der Waals surface area contributed by atoms with Gasteiger partial charge in [0.2, 0.25) is 0 Å². The summed E-state index contributed by atoms with van der Waals surface area (Å²) in [4.78, 5) is 14.0. The molecule has 0 saturated carbocycles. The smallest absolute Gasteiger partial charge is 0.325 e. The van der Waals surface area contributed by atoms with E-state index in [4.69, 9.17) is 9.47 Å². The zero-order chi connectivity index (χ0) is 19.4. The van der Waals surface area contributed by atoms with Crippen LogP contribution in [0.15, 0.2) is 48.5 Å². The standard InChI is InChI=1S/C21H25NO5/c1-26-16-8-9-18(27-2)17(14-16)19(20(23)24)22-12-10-21(25,11-13-22)15-6-4-3-5-7-15/h3-9,14,19,25H,10-13H2,1-2H3,(H,23,24)/t19-/m0/s1. The maximum atomic E-state index is 12.1. The first-order valence-electron chi connectivity index (χ1n) is 8.95. The molecular weight excluding hydrogens is 346 g/mol. The molecule has 1 aliphatic heterocycles. The van der Waals surface area contributed by atoms with Gasteiger partial charge in [-0.05, 0) is 36.6 Å². The number of aliphatic carboxylic acids is 1. The first kappa shape index (κ1) is 19.2. The molecule has 27 heavy (non-hydrogen) atoms. The lowest BCUT2D eigenvalue weighted by Crippen LogP contribution is -2.46. The van der Waals surface area contributed by atoms with E-state index >= 15 is 0 Å². The summed E-state index contributed by atoms with van der Waals surface area (Å²) in [6.07, 6.45) is 0.931. The van der Waals surface area contributed by atoms with Gasteiger partial charge >= 0.3 is 5.97 Å². The van der Waals surface area contributed by atoms with Crippen molar-refractivity contribution < 1.29 is 24.5 Å². The molecule has 1 heterocycles. The molecule has 1 atom stereocenters. The van der Waals surface area contributed by atoms with Gasteiger partial charge in [0.1, 0.15) is 17.5 Å². The minimum Gasteiger partial charge on any atom is -0.497 e. The third kappa shape index (κ3) is 3.91. The number of methoxy groups -OCH3 is 2. The van der Waals surface area contributed by atoms with Gasteiger partial charge in [0, 0.05) is 18.7 Å². The second kappa shape index (κ2) is 7.98. The van der Waals surface area contributed by atoms with Crippen LogP contribution in [0, 0.1) is 0 Å². The van der Waals surface area contributed by atoms with Crippen molar-refractivity contribution in [3.63, 3.8) is 0 Å². The molecule has 3 rings (SSSR count). The van der Waals surface area contributed by atoms with Crippen LogP contribution in [-0.2, 0) is 10.4 Å². The van der Waals surface area contributed by atoms with Gasteiger partial charge in [0.05, 0.1) is 19.8 Å². The average Bonchev–Trinajstić information content (AvgIpc) is 2.70. The number of carbonyl (C=O) groups is 1. The Labute approximate surface area is 159 Å². The Bertz CT molecular complexity index is 784. The van der Waals surface area contributed by atoms with E-state index in [9.17, 15) is 15.0 Å². The van der Waals surface area contributed by atoms with Crippen LogP contribution in [-0.4, -0.2) is 48.4 Å². The first-order chi connectivity index (χ1) is 13.0. The number of hydrogen-bond donors (Lipinski definition) is 2. The van der Waals surface area contributed by atoms with Crippen molar-refractivity contribution in [3.8, 4) is 11.5 Å². The number of piperidine rings is 1. The Kier molecular flexibility index (Phi) is 5.68. The maximum absolute atomic E-state index is 12.1. The molecule has 0 bridgehead atoms. The molecule has 0 radical (unpaired) electrons. The van der Waals surface area contributed by atoms with Crippen LogP contribution in [0.5, 0.6) is 11.5 Å². The highest BCUT2D eigenvalue weighted by Crippen LogP contribution is 2.38. The molecule has 0 aromatic heterocycles. The number of nitrogens with zero attached hydrogens (tertiary/aromatic N) is 1. The average molecular weight is 371 g/mol. The van der Waals surface area contributed by atoms with Crippen LogP contribution < -0.4 is 9.47 Å². The molecule has 2 N–H and O–H groups in total. The number of aliphatic hydroxyl groups is 1. The van der Waals surface area contributed by atoms with Crippen molar-refractivity contribution in [2.75, 3.05) is 27.3 Å². The third-order valence-electron chi connectivity index (χ3n) is 5.27. The highest BCUT2D eigenvalue weighted by Gasteiger charge is 2.39. The van der Waals surface area contributed by atoms with Crippen LogP contribution in [0.2, 0.25) is 0 Å². The van der Waals surface area contributed by atoms with Gasteiger partial charge in [-0.25, -0.2) is 0 Å². The predicted molar refractivity (Wildman–Crippen MR) is 101 cm³/mol. The summed E-state index contributed by atoms with van der Waals surface area (Å²) in [6, 6.07) is 13.8. The zero-order valence-corrected chi connectivity index (χ0v) is 15.6. The summed E-state index contributed by atoms with van der Waals surface area (Å²) in [6.45, 7) is 0.922. The lowest BCUT2D eigenvalue weighted by atomic mass is 9.83. The normalized spacial score (nSPS) is 17.9. The molecule has 2 aromatic carbocycles. The maximum Gasteiger partial charge on any atom is 0.325 e. The number of carboxylic acids is 1. The van der Waals surface area contributed by atoms with Crippen LogP contribution in [0.4, 0.5) is 0 Å². The second-order valence-electron chi connectivity index (χ2n) is 6.78. The van der Waals surface area contributed by atoms with Crippen molar-refractivity contribution in [1.82, 2.24) is 4.90 Å². The van der Waals surface area contributed by atoms with Crippen molar-refractivity contribution >= 4 is 5.97 Å².